The van der Waals surface area contributed by atoms with Crippen LogP contribution in [0.4, 0.5) is 0 Å². The van der Waals surface area contributed by atoms with Crippen molar-refractivity contribution in [2.75, 3.05) is 33.4 Å². The van der Waals surface area contributed by atoms with Gasteiger partial charge in [0.25, 0.3) is 5.91 Å². The fraction of sp³-hybridized carbons (Fsp3) is 0.412. The third kappa shape index (κ3) is 3.13. The number of aromatic nitrogens is 1. The molecule has 1 aliphatic heterocycles. The number of carbonyl (C=O) groups excluding carboxylic acids is 1. The zero-order valence-electron chi connectivity index (χ0n) is 13.7. The number of aliphatic hydroxyl groups excluding tert-OH is 1. The molecular formula is C17H20N2O5. The number of ether oxygens (including phenoxy) is 2. The highest BCUT2D eigenvalue weighted by molar-refractivity contribution is 6.01. The number of morpholine rings is 1. The Morgan fingerprint density at radius 3 is 2.54 bits per heavy atom. The number of benzene rings is 1. The van der Waals surface area contributed by atoms with Crippen LogP contribution in [-0.4, -0.2) is 54.5 Å². The number of hydrogen-bond acceptors (Lipinski definition) is 6. The number of carbonyl (C=O) groups is 1. The molecule has 1 N–H and O–H groups in total. The van der Waals surface area contributed by atoms with Crippen molar-refractivity contribution in [3.05, 3.63) is 35.6 Å². The average Bonchev–Trinajstić information content (AvgIpc) is 3.07. The van der Waals surface area contributed by atoms with Gasteiger partial charge in [0, 0.05) is 18.7 Å². The Labute approximate surface area is 139 Å². The van der Waals surface area contributed by atoms with Gasteiger partial charge >= 0.3 is 0 Å². The minimum atomic E-state index is -0.926. The topological polar surface area (TPSA) is 85.0 Å². The van der Waals surface area contributed by atoms with Crippen LogP contribution in [0.25, 0.3) is 11.3 Å². The van der Waals surface area contributed by atoms with Crippen LogP contribution < -0.4 is 4.74 Å². The van der Waals surface area contributed by atoms with E-state index in [9.17, 15) is 9.90 Å². The Morgan fingerprint density at radius 1 is 1.29 bits per heavy atom. The summed E-state index contributed by atoms with van der Waals surface area (Å²) in [6, 6.07) is 7.18. The fourth-order valence-electron chi connectivity index (χ4n) is 2.67. The van der Waals surface area contributed by atoms with Gasteiger partial charge in [0.15, 0.2) is 5.76 Å². The van der Waals surface area contributed by atoms with E-state index >= 15 is 0 Å². The molecule has 7 nitrogen and oxygen atoms in total. The minimum Gasteiger partial charge on any atom is -0.497 e. The van der Waals surface area contributed by atoms with Crippen LogP contribution in [0.3, 0.4) is 0 Å². The SMILES string of the molecule is COc1ccc(-c2noc(C(C)O)c2C(=O)N2CCOCC2)cc1. The summed E-state index contributed by atoms with van der Waals surface area (Å²) < 4.78 is 15.7. The van der Waals surface area contributed by atoms with Gasteiger partial charge < -0.3 is 24.0 Å². The molecule has 1 aromatic heterocycles. The Morgan fingerprint density at radius 2 is 1.96 bits per heavy atom. The molecule has 24 heavy (non-hydrogen) atoms. The Balaban J connectivity index is 2.01. The van der Waals surface area contributed by atoms with Gasteiger partial charge in [0.2, 0.25) is 0 Å². The number of hydrogen-bond donors (Lipinski definition) is 1. The van der Waals surface area contributed by atoms with Crippen molar-refractivity contribution < 1.29 is 23.9 Å². The second-order valence-electron chi connectivity index (χ2n) is 5.58. The first kappa shape index (κ1) is 16.5. The standard InChI is InChI=1S/C17H20N2O5/c1-11(20)16-14(17(21)19-7-9-23-10-8-19)15(18-24-16)12-3-5-13(22-2)6-4-12/h3-6,11,20H,7-10H2,1-2H3. The third-order valence-corrected chi connectivity index (χ3v) is 3.97. The van der Waals surface area contributed by atoms with Gasteiger partial charge in [-0.1, -0.05) is 5.16 Å². The van der Waals surface area contributed by atoms with E-state index in [1.807, 2.05) is 0 Å². The molecule has 1 aliphatic rings. The zero-order valence-corrected chi connectivity index (χ0v) is 13.7. The van der Waals surface area contributed by atoms with E-state index in [0.717, 1.165) is 5.56 Å². The van der Waals surface area contributed by atoms with E-state index in [-0.39, 0.29) is 11.7 Å². The second kappa shape index (κ2) is 7.02. The van der Waals surface area contributed by atoms with Gasteiger partial charge in [-0.2, -0.15) is 0 Å². The molecule has 1 saturated heterocycles. The van der Waals surface area contributed by atoms with Gasteiger partial charge in [0.05, 0.1) is 20.3 Å². The monoisotopic (exact) mass is 332 g/mol. The van der Waals surface area contributed by atoms with Crippen LogP contribution in [0, 0.1) is 0 Å². The largest absolute Gasteiger partial charge is 0.497 e. The highest BCUT2D eigenvalue weighted by Crippen LogP contribution is 2.31. The molecule has 2 heterocycles. The van der Waals surface area contributed by atoms with Crippen LogP contribution >= 0.6 is 0 Å². The van der Waals surface area contributed by atoms with E-state index in [2.05, 4.69) is 5.16 Å². The van der Waals surface area contributed by atoms with Crippen LogP contribution in [0.5, 0.6) is 5.75 Å². The Hall–Kier alpha value is -2.38. The molecular weight excluding hydrogens is 312 g/mol. The first-order valence-corrected chi connectivity index (χ1v) is 7.81. The van der Waals surface area contributed by atoms with Crippen molar-refractivity contribution in [3.8, 4) is 17.0 Å². The van der Waals surface area contributed by atoms with Gasteiger partial charge in [0.1, 0.15) is 23.1 Å². The molecule has 1 aromatic carbocycles. The summed E-state index contributed by atoms with van der Waals surface area (Å²) >= 11 is 0. The molecule has 1 amide bonds. The predicted molar refractivity (Wildman–Crippen MR) is 85.8 cm³/mol. The highest BCUT2D eigenvalue weighted by Gasteiger charge is 2.30. The van der Waals surface area contributed by atoms with E-state index in [0.29, 0.717) is 43.3 Å². The van der Waals surface area contributed by atoms with Crippen molar-refractivity contribution in [1.29, 1.82) is 0 Å². The van der Waals surface area contributed by atoms with Gasteiger partial charge in [-0.15, -0.1) is 0 Å². The second-order valence-corrected chi connectivity index (χ2v) is 5.58. The van der Waals surface area contributed by atoms with E-state index in [1.165, 1.54) is 0 Å². The van der Waals surface area contributed by atoms with Crippen LogP contribution in [0.2, 0.25) is 0 Å². The first-order valence-electron chi connectivity index (χ1n) is 7.81. The zero-order chi connectivity index (χ0) is 17.1. The molecule has 1 atom stereocenters. The van der Waals surface area contributed by atoms with Crippen molar-refractivity contribution in [2.45, 2.75) is 13.0 Å². The summed E-state index contributed by atoms with van der Waals surface area (Å²) in [5.74, 6) is 0.678. The fourth-order valence-corrected chi connectivity index (χ4v) is 2.67. The lowest BCUT2D eigenvalue weighted by atomic mass is 10.0. The molecule has 0 aliphatic carbocycles. The van der Waals surface area contributed by atoms with Crippen molar-refractivity contribution in [2.24, 2.45) is 0 Å². The highest BCUT2D eigenvalue weighted by atomic mass is 16.5. The number of nitrogens with zero attached hydrogens (tertiary/aromatic N) is 2. The number of rotatable bonds is 4. The summed E-state index contributed by atoms with van der Waals surface area (Å²) in [6.45, 7) is 3.56. The molecule has 0 saturated carbocycles. The van der Waals surface area contributed by atoms with E-state index in [1.54, 1.807) is 43.2 Å². The molecule has 1 fully saturated rings. The molecule has 7 heteroatoms. The summed E-state index contributed by atoms with van der Waals surface area (Å²) in [5, 5.41) is 14.0. The van der Waals surface area contributed by atoms with Gasteiger partial charge in [-0.25, -0.2) is 0 Å². The summed E-state index contributed by atoms with van der Waals surface area (Å²) in [5.41, 5.74) is 1.45. The van der Waals surface area contributed by atoms with E-state index < -0.39 is 6.10 Å². The molecule has 0 bridgehead atoms. The van der Waals surface area contributed by atoms with E-state index in [4.69, 9.17) is 14.0 Å². The van der Waals surface area contributed by atoms with Gasteiger partial charge in [-0.05, 0) is 31.2 Å². The Kier molecular flexibility index (Phi) is 4.82. The lowest BCUT2D eigenvalue weighted by Gasteiger charge is -2.27. The average molecular weight is 332 g/mol. The number of amides is 1. The predicted octanol–water partition coefficient (Wildman–Crippen LogP) is 1.88. The lowest BCUT2D eigenvalue weighted by molar-refractivity contribution is 0.0298. The van der Waals surface area contributed by atoms with Crippen molar-refractivity contribution in [3.63, 3.8) is 0 Å². The maximum Gasteiger partial charge on any atom is 0.260 e. The number of methoxy groups -OCH3 is 1. The molecule has 2 aromatic rings. The molecule has 128 valence electrons. The molecule has 3 rings (SSSR count). The van der Waals surface area contributed by atoms with Crippen LogP contribution in [0.15, 0.2) is 28.8 Å². The molecule has 0 radical (unpaired) electrons. The molecule has 0 spiro atoms. The molecule has 1 unspecified atom stereocenters. The third-order valence-electron chi connectivity index (χ3n) is 3.97. The lowest BCUT2D eigenvalue weighted by Crippen LogP contribution is -2.41. The van der Waals surface area contributed by atoms with Crippen LogP contribution in [0.1, 0.15) is 29.1 Å². The Bertz CT molecular complexity index is 702. The van der Waals surface area contributed by atoms with Gasteiger partial charge in [-0.3, -0.25) is 4.79 Å². The van der Waals surface area contributed by atoms with Crippen molar-refractivity contribution >= 4 is 5.91 Å². The quantitative estimate of drug-likeness (QED) is 0.920. The summed E-state index contributed by atoms with van der Waals surface area (Å²) in [7, 11) is 1.59. The maximum atomic E-state index is 12.9. The summed E-state index contributed by atoms with van der Waals surface area (Å²) in [4.78, 5) is 14.6. The van der Waals surface area contributed by atoms with Crippen LogP contribution in [-0.2, 0) is 4.74 Å². The maximum absolute atomic E-state index is 12.9. The normalized spacial score (nSPS) is 16.0. The minimum absolute atomic E-state index is 0.178. The summed E-state index contributed by atoms with van der Waals surface area (Å²) in [6.07, 6.45) is -0.926. The smallest absolute Gasteiger partial charge is 0.260 e. The first-order chi connectivity index (χ1) is 11.6. The number of aliphatic hydroxyl groups is 1. The van der Waals surface area contributed by atoms with Crippen molar-refractivity contribution in [1.82, 2.24) is 10.1 Å².